The predicted molar refractivity (Wildman–Crippen MR) is 182 cm³/mol. The number of carbonyl (C=O) groups excluding carboxylic acids is 2. The first kappa shape index (κ1) is 32.5. The second-order valence-electron chi connectivity index (χ2n) is 10.3. The average Bonchev–Trinajstić information content (AvgIpc) is 3.10. The molecular weight excluding hydrogens is 612 g/mol. The quantitative estimate of drug-likeness (QED) is 0.106. The fraction of sp³-hybridized carbons (Fsp3) is 0. The van der Waals surface area contributed by atoms with Crippen LogP contribution >= 0.6 is 0 Å². The zero-order valence-corrected chi connectivity index (χ0v) is 25.3. The van der Waals surface area contributed by atoms with Crippen molar-refractivity contribution in [3.8, 4) is 23.0 Å². The molecule has 0 heterocycles. The number of aromatic carboxylic acids is 2. The van der Waals surface area contributed by atoms with Crippen molar-refractivity contribution in [1.29, 1.82) is 0 Å². The SMILES string of the molecule is C=Cc1ccc(C(=O)Nc2ccc(Oc3ccc(Oc4ccc(NC(=O)c5ccc(C=C)cc5C(=O)O)cc4)cc3)cc2)c(C(=O)O)c1. The van der Waals surface area contributed by atoms with Gasteiger partial charge in [0.2, 0.25) is 0 Å². The summed E-state index contributed by atoms with van der Waals surface area (Å²) in [7, 11) is 0. The summed E-state index contributed by atoms with van der Waals surface area (Å²) in [5.41, 5.74) is 1.91. The molecule has 48 heavy (non-hydrogen) atoms. The molecule has 5 aromatic carbocycles. The van der Waals surface area contributed by atoms with Gasteiger partial charge in [0.05, 0.1) is 22.3 Å². The second-order valence-corrected chi connectivity index (χ2v) is 10.3. The lowest BCUT2D eigenvalue weighted by molar-refractivity contribution is 0.0683. The molecule has 0 atom stereocenters. The Morgan fingerprint density at radius 2 is 0.792 bits per heavy atom. The van der Waals surface area contributed by atoms with E-state index in [9.17, 15) is 29.4 Å². The summed E-state index contributed by atoms with van der Waals surface area (Å²) in [6.07, 6.45) is 3.01. The largest absolute Gasteiger partial charge is 0.478 e. The number of amides is 2. The molecule has 5 aromatic rings. The van der Waals surface area contributed by atoms with Crippen LogP contribution in [0, 0.1) is 0 Å². The van der Waals surface area contributed by atoms with Crippen molar-refractivity contribution in [2.75, 3.05) is 10.6 Å². The minimum Gasteiger partial charge on any atom is -0.478 e. The van der Waals surface area contributed by atoms with Gasteiger partial charge in [0.15, 0.2) is 0 Å². The molecule has 10 nitrogen and oxygen atoms in total. The maximum Gasteiger partial charge on any atom is 0.336 e. The zero-order valence-electron chi connectivity index (χ0n) is 25.3. The highest BCUT2D eigenvalue weighted by Gasteiger charge is 2.18. The highest BCUT2D eigenvalue weighted by atomic mass is 16.5. The number of rotatable bonds is 12. The second kappa shape index (κ2) is 14.4. The van der Waals surface area contributed by atoms with Crippen LogP contribution in [0.5, 0.6) is 23.0 Å². The molecule has 2 amide bonds. The van der Waals surface area contributed by atoms with Crippen LogP contribution in [0.3, 0.4) is 0 Å². The number of carboxylic acid groups (broad SMARTS) is 2. The van der Waals surface area contributed by atoms with E-state index in [-0.39, 0.29) is 22.3 Å². The van der Waals surface area contributed by atoms with Gasteiger partial charge in [0.1, 0.15) is 23.0 Å². The Hall–Kier alpha value is -6.94. The van der Waals surface area contributed by atoms with Crippen LogP contribution in [0.1, 0.15) is 52.6 Å². The third kappa shape index (κ3) is 7.82. The molecule has 0 spiro atoms. The molecular formula is C38H28N2O8. The van der Waals surface area contributed by atoms with Gasteiger partial charge in [-0.05, 0) is 108 Å². The summed E-state index contributed by atoms with van der Waals surface area (Å²) >= 11 is 0. The van der Waals surface area contributed by atoms with Crippen LogP contribution in [-0.2, 0) is 0 Å². The van der Waals surface area contributed by atoms with Crippen molar-refractivity contribution in [1.82, 2.24) is 0 Å². The maximum absolute atomic E-state index is 12.8. The van der Waals surface area contributed by atoms with Crippen molar-refractivity contribution >= 4 is 47.3 Å². The summed E-state index contributed by atoms with van der Waals surface area (Å²) in [6.45, 7) is 7.25. The van der Waals surface area contributed by atoms with Gasteiger partial charge >= 0.3 is 11.9 Å². The summed E-state index contributed by atoms with van der Waals surface area (Å²) in [5, 5.41) is 24.4. The van der Waals surface area contributed by atoms with E-state index in [4.69, 9.17) is 9.47 Å². The first-order valence-corrected chi connectivity index (χ1v) is 14.4. The smallest absolute Gasteiger partial charge is 0.336 e. The lowest BCUT2D eigenvalue weighted by Gasteiger charge is -2.11. The van der Waals surface area contributed by atoms with Crippen LogP contribution in [0.4, 0.5) is 11.4 Å². The van der Waals surface area contributed by atoms with Crippen molar-refractivity contribution < 1.29 is 38.9 Å². The standard InChI is InChI=1S/C38H28N2O8/c1-3-23-5-19-31(33(21-23)37(43)44)35(41)39-25-7-11-27(12-8-25)47-29-15-17-30(18-16-29)48-28-13-9-26(10-14-28)40-36(42)32-20-6-24(4-2)22-34(32)38(45)46/h3-22H,1-2H2,(H,39,41)(H,40,42)(H,43,44)(H,45,46). The number of hydrogen-bond donors (Lipinski definition) is 4. The van der Waals surface area contributed by atoms with Gasteiger partial charge in [-0.3, -0.25) is 9.59 Å². The molecule has 0 fully saturated rings. The third-order valence-electron chi connectivity index (χ3n) is 7.03. The number of anilines is 2. The van der Waals surface area contributed by atoms with Gasteiger partial charge < -0.3 is 30.3 Å². The number of ether oxygens (including phenoxy) is 2. The van der Waals surface area contributed by atoms with Crippen LogP contribution in [0.25, 0.3) is 12.2 Å². The topological polar surface area (TPSA) is 151 Å². The van der Waals surface area contributed by atoms with E-state index < -0.39 is 23.8 Å². The van der Waals surface area contributed by atoms with Crippen LogP contribution < -0.4 is 20.1 Å². The van der Waals surface area contributed by atoms with Crippen LogP contribution in [0.15, 0.2) is 122 Å². The highest BCUT2D eigenvalue weighted by Crippen LogP contribution is 2.29. The molecule has 10 heteroatoms. The fourth-order valence-electron chi connectivity index (χ4n) is 4.58. The summed E-state index contributed by atoms with van der Waals surface area (Å²) in [4.78, 5) is 48.8. The Morgan fingerprint density at radius 3 is 1.08 bits per heavy atom. The molecule has 0 radical (unpaired) electrons. The van der Waals surface area contributed by atoms with Gasteiger partial charge in [-0.1, -0.05) is 37.4 Å². The van der Waals surface area contributed by atoms with E-state index in [0.717, 1.165) is 0 Å². The Morgan fingerprint density at radius 1 is 0.479 bits per heavy atom. The molecule has 0 aromatic heterocycles. The van der Waals surface area contributed by atoms with E-state index in [0.29, 0.717) is 45.5 Å². The van der Waals surface area contributed by atoms with Gasteiger partial charge in [-0.15, -0.1) is 0 Å². The van der Waals surface area contributed by atoms with Crippen molar-refractivity contribution in [3.63, 3.8) is 0 Å². The monoisotopic (exact) mass is 640 g/mol. The van der Waals surface area contributed by atoms with Gasteiger partial charge in [-0.25, -0.2) is 9.59 Å². The Kier molecular flexibility index (Phi) is 9.76. The summed E-state index contributed by atoms with van der Waals surface area (Å²) in [6, 6.07) is 29.0. The van der Waals surface area contributed by atoms with Gasteiger partial charge in [-0.2, -0.15) is 0 Å². The van der Waals surface area contributed by atoms with Crippen LogP contribution in [0.2, 0.25) is 0 Å². The Balaban J connectivity index is 1.16. The number of nitrogens with one attached hydrogen (secondary N) is 2. The third-order valence-corrected chi connectivity index (χ3v) is 7.03. The molecule has 0 aliphatic rings. The van der Waals surface area contributed by atoms with Crippen molar-refractivity contribution in [2.45, 2.75) is 0 Å². The highest BCUT2D eigenvalue weighted by molar-refractivity contribution is 6.11. The summed E-state index contributed by atoms with van der Waals surface area (Å²) in [5.74, 6) is -1.46. The molecule has 0 unspecified atom stereocenters. The lowest BCUT2D eigenvalue weighted by Crippen LogP contribution is -2.16. The van der Waals surface area contributed by atoms with Gasteiger partial charge in [0.25, 0.3) is 11.8 Å². The van der Waals surface area contributed by atoms with Crippen molar-refractivity contribution in [2.24, 2.45) is 0 Å². The van der Waals surface area contributed by atoms with Gasteiger partial charge in [0, 0.05) is 11.4 Å². The van der Waals surface area contributed by atoms with E-state index in [2.05, 4.69) is 23.8 Å². The molecule has 5 rings (SSSR count). The summed E-state index contributed by atoms with van der Waals surface area (Å²) < 4.78 is 11.8. The minimum absolute atomic E-state index is 0.0281. The first-order chi connectivity index (χ1) is 23.1. The lowest BCUT2D eigenvalue weighted by atomic mass is 10.0. The van der Waals surface area contributed by atoms with E-state index >= 15 is 0 Å². The molecule has 0 aliphatic carbocycles. The predicted octanol–water partition coefficient (Wildman–Crippen LogP) is 8.46. The zero-order chi connectivity index (χ0) is 34.2. The van der Waals surface area contributed by atoms with Crippen molar-refractivity contribution in [3.05, 3.63) is 156 Å². The molecule has 0 bridgehead atoms. The minimum atomic E-state index is -1.21. The maximum atomic E-state index is 12.8. The number of carbonyl (C=O) groups is 4. The Bertz CT molecular complexity index is 1890. The van der Waals surface area contributed by atoms with Crippen LogP contribution in [-0.4, -0.2) is 34.0 Å². The average molecular weight is 641 g/mol. The Labute approximate surface area is 275 Å². The normalized spacial score (nSPS) is 10.3. The molecule has 0 saturated heterocycles. The number of hydrogen-bond acceptors (Lipinski definition) is 6. The number of carboxylic acids is 2. The number of benzene rings is 5. The molecule has 4 N–H and O–H groups in total. The molecule has 0 saturated carbocycles. The van der Waals surface area contributed by atoms with E-state index in [1.165, 1.54) is 36.4 Å². The molecule has 0 aliphatic heterocycles. The van der Waals surface area contributed by atoms with E-state index in [1.807, 2.05) is 0 Å². The van der Waals surface area contributed by atoms with E-state index in [1.54, 1.807) is 84.9 Å². The molecule has 238 valence electrons. The first-order valence-electron chi connectivity index (χ1n) is 14.4. The fourth-order valence-corrected chi connectivity index (χ4v) is 4.58.